The molecule has 0 bridgehead atoms. The number of rotatable bonds is 10. The molecule has 0 unspecified atom stereocenters. The monoisotopic (exact) mass is 797 g/mol. The number of Topliss-reactive ketones (excluding diaryl/α,β-unsaturated/α-hetero) is 1. The molecule has 4 fully saturated rings. The highest BCUT2D eigenvalue weighted by atomic mass is 16.5. The molecule has 9 atom stereocenters. The van der Waals surface area contributed by atoms with E-state index in [1.165, 1.54) is 12.4 Å². The number of hydrogen-bond acceptors (Lipinski definition) is 11. The van der Waals surface area contributed by atoms with Gasteiger partial charge in [-0.15, -0.1) is 10.2 Å². The Bertz CT molecular complexity index is 2070. The highest BCUT2D eigenvalue weighted by molar-refractivity contribution is 6.00. The molecule has 58 heavy (non-hydrogen) atoms. The summed E-state index contributed by atoms with van der Waals surface area (Å²) in [6.07, 6.45) is 8.57. The number of nitrogens with two attached hydrogens (primary N) is 1. The number of nitrogens with zero attached hydrogens (tertiary/aromatic N) is 6. The third-order valence-electron chi connectivity index (χ3n) is 16.7. The molecule has 4 saturated carbocycles. The van der Waals surface area contributed by atoms with Crippen molar-refractivity contribution < 1.29 is 29.3 Å². The molecule has 0 spiro atoms. The van der Waals surface area contributed by atoms with Crippen molar-refractivity contribution in [2.24, 2.45) is 61.9 Å². The van der Waals surface area contributed by atoms with Crippen molar-refractivity contribution >= 4 is 17.7 Å². The van der Waals surface area contributed by atoms with Crippen LogP contribution < -0.4 is 5.73 Å². The van der Waals surface area contributed by atoms with Crippen molar-refractivity contribution in [1.82, 2.24) is 24.7 Å². The maximum absolute atomic E-state index is 14.3. The predicted molar refractivity (Wildman–Crippen MR) is 215 cm³/mol. The number of aliphatic hydroxyl groups is 1. The normalized spacial score (nSPS) is 34.7. The maximum Gasteiger partial charge on any atom is 0.309 e. The van der Waals surface area contributed by atoms with E-state index < -0.39 is 28.9 Å². The van der Waals surface area contributed by atoms with Crippen molar-refractivity contribution in [3.63, 3.8) is 0 Å². The minimum Gasteiger partial charge on any atom is -0.481 e. The third-order valence-corrected chi connectivity index (χ3v) is 16.7. The number of aromatic nitrogens is 5. The fraction of sp³-hybridized carbons (Fsp3) is 0.733. The molecule has 2 heterocycles. The van der Waals surface area contributed by atoms with Crippen LogP contribution in [-0.2, 0) is 25.7 Å². The first-order valence-electron chi connectivity index (χ1n) is 21.4. The second kappa shape index (κ2) is 14.3. The van der Waals surface area contributed by atoms with Crippen LogP contribution in [0.4, 0.5) is 0 Å². The van der Waals surface area contributed by atoms with Gasteiger partial charge in [0, 0.05) is 42.7 Å². The number of aliphatic hydroxyl groups excluding tert-OH is 1. The van der Waals surface area contributed by atoms with Gasteiger partial charge in [-0.05, 0) is 116 Å². The second-order valence-corrected chi connectivity index (χ2v) is 20.7. The zero-order valence-electron chi connectivity index (χ0n) is 35.9. The maximum atomic E-state index is 14.3. The van der Waals surface area contributed by atoms with E-state index in [9.17, 15) is 29.9 Å². The number of esters is 1. The van der Waals surface area contributed by atoms with Gasteiger partial charge in [0.25, 0.3) is 0 Å². The summed E-state index contributed by atoms with van der Waals surface area (Å²) in [7, 11) is 0. The lowest BCUT2D eigenvalue weighted by Crippen LogP contribution is -2.66. The van der Waals surface area contributed by atoms with Crippen LogP contribution in [0.3, 0.4) is 0 Å². The molecule has 7 rings (SSSR count). The molecule has 0 amide bonds. The zero-order chi connectivity index (χ0) is 42.4. The Morgan fingerprint density at radius 2 is 1.69 bits per heavy atom. The highest BCUT2D eigenvalue weighted by Gasteiger charge is 2.71. The summed E-state index contributed by atoms with van der Waals surface area (Å²) in [4.78, 5) is 48.0. The van der Waals surface area contributed by atoms with Crippen LogP contribution in [0.2, 0.25) is 0 Å². The Kier molecular flexibility index (Phi) is 10.4. The minimum absolute atomic E-state index is 0.00885. The number of allylic oxidation sites excluding steroid dienone is 1. The number of carbonyl (C=O) groups excluding carboxylic acids is 2. The lowest BCUT2D eigenvalue weighted by atomic mass is 9.33. The molecule has 5 aliphatic carbocycles. The number of carbonyl (C=O) groups is 3. The van der Waals surface area contributed by atoms with Crippen molar-refractivity contribution in [3.05, 3.63) is 34.9 Å². The fourth-order valence-electron chi connectivity index (χ4n) is 13.6. The average molecular weight is 798 g/mol. The summed E-state index contributed by atoms with van der Waals surface area (Å²) < 4.78 is 7.96. The highest BCUT2D eigenvalue weighted by Crippen LogP contribution is 2.77. The predicted octanol–water partition coefficient (Wildman–Crippen LogP) is 6.99. The van der Waals surface area contributed by atoms with E-state index in [0.29, 0.717) is 42.0 Å². The van der Waals surface area contributed by atoms with Crippen LogP contribution in [0, 0.1) is 67.5 Å². The molecule has 314 valence electrons. The van der Waals surface area contributed by atoms with Crippen LogP contribution in [0.15, 0.2) is 23.5 Å². The van der Waals surface area contributed by atoms with E-state index in [1.54, 1.807) is 18.4 Å². The third kappa shape index (κ3) is 6.09. The van der Waals surface area contributed by atoms with Gasteiger partial charge in [0.1, 0.15) is 18.3 Å². The summed E-state index contributed by atoms with van der Waals surface area (Å²) in [6.45, 7) is 19.8. The Morgan fingerprint density at radius 3 is 2.31 bits per heavy atom. The van der Waals surface area contributed by atoms with E-state index in [-0.39, 0.29) is 70.6 Å². The topological polar surface area (TPSA) is 207 Å². The summed E-state index contributed by atoms with van der Waals surface area (Å²) in [6, 6.07) is 2.04. The first-order chi connectivity index (χ1) is 27.1. The molecule has 0 aliphatic heterocycles. The summed E-state index contributed by atoms with van der Waals surface area (Å²) in [5, 5.41) is 40.7. The van der Waals surface area contributed by atoms with Crippen molar-refractivity contribution in [3.8, 4) is 17.7 Å². The lowest BCUT2D eigenvalue weighted by molar-refractivity contribution is -0.235. The van der Waals surface area contributed by atoms with Crippen molar-refractivity contribution in [1.29, 1.82) is 5.26 Å². The van der Waals surface area contributed by atoms with Gasteiger partial charge in [0.05, 0.1) is 17.4 Å². The van der Waals surface area contributed by atoms with E-state index in [1.807, 2.05) is 6.07 Å². The van der Waals surface area contributed by atoms with Crippen molar-refractivity contribution in [2.45, 2.75) is 145 Å². The van der Waals surface area contributed by atoms with Gasteiger partial charge in [-0.3, -0.25) is 14.4 Å². The zero-order valence-corrected chi connectivity index (χ0v) is 35.9. The van der Waals surface area contributed by atoms with Crippen LogP contribution in [0.5, 0.6) is 0 Å². The number of hydrogen-bond donors (Lipinski definition) is 3. The second-order valence-electron chi connectivity index (χ2n) is 20.7. The number of fused-ring (bicyclic) bond motifs is 7. The number of ether oxygens (including phenoxy) is 1. The van der Waals surface area contributed by atoms with Crippen LogP contribution >= 0.6 is 0 Å². The molecule has 0 aromatic carbocycles. The van der Waals surface area contributed by atoms with Gasteiger partial charge in [-0.2, -0.15) is 5.26 Å². The lowest BCUT2D eigenvalue weighted by Gasteiger charge is -2.72. The number of carboxylic acids is 1. The summed E-state index contributed by atoms with van der Waals surface area (Å²) in [5.41, 5.74) is 5.89. The van der Waals surface area contributed by atoms with Gasteiger partial charge >= 0.3 is 11.9 Å². The van der Waals surface area contributed by atoms with E-state index in [4.69, 9.17) is 10.5 Å². The van der Waals surface area contributed by atoms with Gasteiger partial charge in [0.15, 0.2) is 17.4 Å². The molecular formula is C45H63N7O6. The smallest absolute Gasteiger partial charge is 0.309 e. The molecule has 2 aromatic heterocycles. The summed E-state index contributed by atoms with van der Waals surface area (Å²) >= 11 is 0. The number of aliphatic carboxylic acids is 1. The van der Waals surface area contributed by atoms with Crippen LogP contribution in [0.1, 0.15) is 144 Å². The Morgan fingerprint density at radius 1 is 1.00 bits per heavy atom. The van der Waals surface area contributed by atoms with E-state index in [2.05, 4.69) is 68.6 Å². The quantitative estimate of drug-likeness (QED) is 0.208. The van der Waals surface area contributed by atoms with Crippen molar-refractivity contribution in [2.75, 3.05) is 6.54 Å². The standard InChI is InChI=1S/C45H63N7O6/c1-25(2)33-28(53)20-45(35(55)37-50-51-38(52(37)19-18-46)36-48-23-26(22-47)24-49-36)17-16-43(8)27(34(33)45)10-11-30-42(7)14-13-31(58-32(54)21-40(3,4)39(56)57)41(5,6)29(42)12-15-44(30,43)9/h23-25,27,29-31,35,55H,10-21,46H2,1-9H3,(H,56,57)/t27-,29+,30-,31+,35-,42+,43-,44-,45-/m1/s1. The Balaban J connectivity index is 1.22. The molecule has 5 aliphatic rings. The van der Waals surface area contributed by atoms with E-state index in [0.717, 1.165) is 56.1 Å². The molecular weight excluding hydrogens is 735 g/mol. The number of ketones is 1. The first-order valence-corrected chi connectivity index (χ1v) is 21.4. The summed E-state index contributed by atoms with van der Waals surface area (Å²) in [5.74, 6) is 0.433. The van der Waals surface area contributed by atoms with E-state index >= 15 is 0 Å². The minimum atomic E-state index is -1.19. The number of carboxylic acid groups (broad SMARTS) is 1. The molecule has 13 nitrogen and oxygen atoms in total. The largest absolute Gasteiger partial charge is 0.481 e. The van der Waals surface area contributed by atoms with Gasteiger partial charge < -0.3 is 25.3 Å². The van der Waals surface area contributed by atoms with Crippen LogP contribution in [0.25, 0.3) is 11.6 Å². The molecule has 4 N–H and O–H groups in total. The molecule has 0 saturated heterocycles. The van der Waals surface area contributed by atoms with Crippen LogP contribution in [-0.4, -0.2) is 65.3 Å². The molecule has 2 aromatic rings. The molecule has 13 heteroatoms. The first kappa shape index (κ1) is 42.1. The Hall–Kier alpha value is -4.02. The van der Waals surface area contributed by atoms with Gasteiger partial charge in [0.2, 0.25) is 5.82 Å². The van der Waals surface area contributed by atoms with Gasteiger partial charge in [-0.1, -0.05) is 48.5 Å². The Labute approximate surface area is 342 Å². The van der Waals surface area contributed by atoms with Gasteiger partial charge in [-0.25, -0.2) is 9.97 Å². The SMILES string of the molecule is CC(C)C1=C2[C@H]3CC[C@@H]4[C@@]5(C)CC[C@H](OC(=O)CC(C)(C)C(=O)O)C(C)(C)[C@@H]5CC[C@@]4(C)[C@]3(C)CC[C@@]2([C@H](O)c2nnc(-c3ncc(C#N)cn3)n2CCN)CC1=O. The number of nitriles is 1. The fourth-order valence-corrected chi connectivity index (χ4v) is 13.6. The molecule has 0 radical (unpaired) electrons. The average Bonchev–Trinajstić information content (AvgIpc) is 3.71.